The van der Waals surface area contributed by atoms with E-state index in [1.807, 2.05) is 6.92 Å². The zero-order valence-electron chi connectivity index (χ0n) is 16.2. The molecule has 2 aromatic heterocycles. The van der Waals surface area contributed by atoms with Gasteiger partial charge in [0.05, 0.1) is 35.5 Å². The van der Waals surface area contributed by atoms with Crippen LogP contribution in [0.25, 0.3) is 0 Å². The van der Waals surface area contributed by atoms with Crippen LogP contribution in [0, 0.1) is 0 Å². The van der Waals surface area contributed by atoms with E-state index in [0.29, 0.717) is 29.8 Å². The van der Waals surface area contributed by atoms with Crippen LogP contribution in [0.1, 0.15) is 18.1 Å². The molecule has 4 rings (SSSR count). The summed E-state index contributed by atoms with van der Waals surface area (Å²) in [6, 6.07) is 4.84. The molecule has 0 bridgehead atoms. The molecule has 0 radical (unpaired) electrons. The molecule has 0 unspecified atom stereocenters. The maximum atomic E-state index is 13.0. The first-order valence-corrected chi connectivity index (χ1v) is 9.24. The van der Waals surface area contributed by atoms with E-state index in [-0.39, 0.29) is 5.69 Å². The van der Waals surface area contributed by atoms with Crippen LogP contribution in [0.3, 0.4) is 0 Å². The number of aromatic nitrogens is 3. The van der Waals surface area contributed by atoms with Gasteiger partial charge in [0.25, 0.3) is 5.91 Å². The Morgan fingerprint density at radius 2 is 1.94 bits per heavy atom. The van der Waals surface area contributed by atoms with Gasteiger partial charge in [0.2, 0.25) is 0 Å². The normalized spacial score (nSPS) is 14.5. The molecule has 1 aliphatic rings. The Labute approximate surface area is 174 Å². The molecule has 11 heteroatoms. The highest BCUT2D eigenvalue weighted by atomic mass is 19.4. The first-order chi connectivity index (χ1) is 14.8. The maximum Gasteiger partial charge on any atom is 0.417 e. The smallest absolute Gasteiger partial charge is 0.417 e. The molecule has 0 atom stereocenters. The predicted molar refractivity (Wildman–Crippen MR) is 104 cm³/mol. The number of carbonyl (C=O) groups excluding carboxylic acids is 2. The van der Waals surface area contributed by atoms with Crippen LogP contribution in [0.15, 0.2) is 49.1 Å². The average Bonchev–Trinajstić information content (AvgIpc) is 3.35. The molecule has 0 aliphatic carbocycles. The summed E-state index contributed by atoms with van der Waals surface area (Å²) >= 11 is 0. The quantitative estimate of drug-likeness (QED) is 0.613. The van der Waals surface area contributed by atoms with E-state index in [0.717, 1.165) is 27.6 Å². The minimum absolute atomic E-state index is 0.105. The summed E-state index contributed by atoms with van der Waals surface area (Å²) in [6.07, 6.45) is 0.789. The Morgan fingerprint density at radius 3 is 2.61 bits per heavy atom. The first kappa shape index (κ1) is 20.4. The van der Waals surface area contributed by atoms with Crippen LogP contribution in [-0.4, -0.2) is 33.7 Å². The van der Waals surface area contributed by atoms with Gasteiger partial charge in [0.15, 0.2) is 5.75 Å². The number of alkyl halides is 3. The monoisotopic (exact) mass is 431 g/mol. The Kier molecular flexibility index (Phi) is 5.09. The number of hydrogen-bond acceptors (Lipinski definition) is 5. The molecular formula is C20H16F3N5O3. The molecule has 1 N–H and O–H groups in total. The third kappa shape index (κ3) is 3.93. The minimum atomic E-state index is -4.61. The number of H-pyrrole nitrogens is 1. The van der Waals surface area contributed by atoms with Crippen LogP contribution >= 0.6 is 0 Å². The van der Waals surface area contributed by atoms with Gasteiger partial charge < -0.3 is 4.74 Å². The molecule has 1 aromatic carbocycles. The summed E-state index contributed by atoms with van der Waals surface area (Å²) in [5.41, 5.74) is -0.0728. The fourth-order valence-electron chi connectivity index (χ4n) is 3.19. The lowest BCUT2D eigenvalue weighted by molar-refractivity contribution is -0.137. The summed E-state index contributed by atoms with van der Waals surface area (Å²) in [5, 5.41) is 6.44. The summed E-state index contributed by atoms with van der Waals surface area (Å²) in [4.78, 5) is 30.9. The Morgan fingerprint density at radius 1 is 1.13 bits per heavy atom. The van der Waals surface area contributed by atoms with Crippen LogP contribution in [-0.2, 0) is 17.4 Å². The summed E-state index contributed by atoms with van der Waals surface area (Å²) in [7, 11) is 0. The highest BCUT2D eigenvalue weighted by Crippen LogP contribution is 2.34. The maximum absolute atomic E-state index is 13.0. The molecule has 31 heavy (non-hydrogen) atoms. The number of aromatic amines is 1. The highest BCUT2D eigenvalue weighted by Gasteiger charge is 2.39. The van der Waals surface area contributed by atoms with Crippen molar-refractivity contribution in [1.29, 1.82) is 0 Å². The van der Waals surface area contributed by atoms with E-state index in [4.69, 9.17) is 4.74 Å². The standard InChI is InChI=1S/C20H16F3N5O3/c1-2-12-5-14(3-4-17(12)31-16-9-25-26-10-16)28-18(29)11-27(19(28)30)15-6-13(7-24-8-15)20(21,22)23/h3-10H,2,11H2,1H3,(H,25,26). The SMILES string of the molecule is CCc1cc(N2C(=O)CN(c3cncc(C(F)(F)F)c3)C2=O)ccc1Oc1cn[nH]c1. The van der Waals surface area contributed by atoms with Crippen LogP contribution < -0.4 is 14.5 Å². The van der Waals surface area contributed by atoms with Gasteiger partial charge >= 0.3 is 12.2 Å². The first-order valence-electron chi connectivity index (χ1n) is 9.24. The number of aryl methyl sites for hydroxylation is 1. The van der Waals surface area contributed by atoms with Crippen molar-refractivity contribution in [2.24, 2.45) is 0 Å². The van der Waals surface area contributed by atoms with Crippen molar-refractivity contribution in [3.63, 3.8) is 0 Å². The molecule has 1 aliphatic heterocycles. The zero-order chi connectivity index (χ0) is 22.2. The van der Waals surface area contributed by atoms with E-state index < -0.39 is 30.2 Å². The van der Waals surface area contributed by atoms with Crippen LogP contribution in [0.2, 0.25) is 0 Å². The number of ether oxygens (including phenoxy) is 1. The van der Waals surface area contributed by atoms with Crippen molar-refractivity contribution in [2.75, 3.05) is 16.3 Å². The molecule has 1 saturated heterocycles. The Balaban J connectivity index is 1.62. The third-order valence-corrected chi connectivity index (χ3v) is 4.71. The lowest BCUT2D eigenvalue weighted by Crippen LogP contribution is -2.33. The van der Waals surface area contributed by atoms with E-state index in [9.17, 15) is 22.8 Å². The number of nitrogens with one attached hydrogen (secondary N) is 1. The highest BCUT2D eigenvalue weighted by molar-refractivity contribution is 6.26. The van der Waals surface area contributed by atoms with E-state index in [1.165, 1.54) is 12.3 Å². The molecule has 1 fully saturated rings. The number of rotatable bonds is 5. The minimum Gasteiger partial charge on any atom is -0.454 e. The second kappa shape index (κ2) is 7.74. The third-order valence-electron chi connectivity index (χ3n) is 4.71. The number of imide groups is 1. The fourth-order valence-corrected chi connectivity index (χ4v) is 3.19. The topological polar surface area (TPSA) is 91.4 Å². The fraction of sp³-hybridized carbons (Fsp3) is 0.200. The van der Waals surface area contributed by atoms with Gasteiger partial charge in [-0.25, -0.2) is 9.69 Å². The van der Waals surface area contributed by atoms with Gasteiger partial charge in [0, 0.05) is 6.20 Å². The molecule has 3 heterocycles. The van der Waals surface area contributed by atoms with Crippen molar-refractivity contribution < 1.29 is 27.5 Å². The molecule has 160 valence electrons. The van der Waals surface area contributed by atoms with Crippen molar-refractivity contribution >= 4 is 23.3 Å². The second-order valence-electron chi connectivity index (χ2n) is 6.71. The largest absolute Gasteiger partial charge is 0.454 e. The number of hydrogen-bond donors (Lipinski definition) is 1. The molecule has 0 saturated carbocycles. The molecule has 0 spiro atoms. The van der Waals surface area contributed by atoms with Gasteiger partial charge in [-0.05, 0) is 36.2 Å². The van der Waals surface area contributed by atoms with Gasteiger partial charge in [-0.2, -0.15) is 18.3 Å². The van der Waals surface area contributed by atoms with Gasteiger partial charge in [0.1, 0.15) is 12.3 Å². The summed E-state index contributed by atoms with van der Waals surface area (Å²) in [5.74, 6) is 0.470. The number of anilines is 2. The molecule has 3 amide bonds. The second-order valence-corrected chi connectivity index (χ2v) is 6.71. The average molecular weight is 431 g/mol. The lowest BCUT2D eigenvalue weighted by Gasteiger charge is -2.19. The number of amides is 3. The van der Waals surface area contributed by atoms with Crippen molar-refractivity contribution in [2.45, 2.75) is 19.5 Å². The van der Waals surface area contributed by atoms with Crippen LogP contribution in [0.5, 0.6) is 11.5 Å². The van der Waals surface area contributed by atoms with Gasteiger partial charge in [-0.1, -0.05) is 6.92 Å². The van der Waals surface area contributed by atoms with E-state index in [1.54, 1.807) is 18.3 Å². The number of pyridine rings is 1. The number of carbonyl (C=O) groups is 2. The summed E-state index contributed by atoms with van der Waals surface area (Å²) < 4.78 is 44.7. The molecular weight excluding hydrogens is 415 g/mol. The van der Waals surface area contributed by atoms with E-state index in [2.05, 4.69) is 15.2 Å². The van der Waals surface area contributed by atoms with Crippen molar-refractivity contribution in [1.82, 2.24) is 15.2 Å². The van der Waals surface area contributed by atoms with Crippen molar-refractivity contribution in [3.05, 3.63) is 60.2 Å². The number of halogens is 3. The van der Waals surface area contributed by atoms with E-state index >= 15 is 0 Å². The van der Waals surface area contributed by atoms with Gasteiger partial charge in [-0.3, -0.25) is 19.8 Å². The lowest BCUT2D eigenvalue weighted by atomic mass is 10.1. The Bertz CT molecular complexity index is 1130. The molecule has 3 aromatic rings. The Hall–Kier alpha value is -3.89. The molecule has 8 nitrogen and oxygen atoms in total. The number of urea groups is 1. The van der Waals surface area contributed by atoms with Gasteiger partial charge in [-0.15, -0.1) is 0 Å². The number of benzene rings is 1. The zero-order valence-corrected chi connectivity index (χ0v) is 16.2. The summed E-state index contributed by atoms with van der Waals surface area (Å²) in [6.45, 7) is 1.49. The van der Waals surface area contributed by atoms with Crippen molar-refractivity contribution in [3.8, 4) is 11.5 Å². The number of nitrogens with zero attached hydrogens (tertiary/aromatic N) is 4. The van der Waals surface area contributed by atoms with Crippen LogP contribution in [0.4, 0.5) is 29.3 Å². The predicted octanol–water partition coefficient (Wildman–Crippen LogP) is 4.15.